The molecular formula is C25H52O10. The molecule has 0 aliphatic heterocycles. The quantitative estimate of drug-likeness (QED) is 0.125. The highest BCUT2D eigenvalue weighted by Crippen LogP contribution is 1.94. The van der Waals surface area contributed by atoms with E-state index in [4.69, 9.17) is 47.4 Å². The third-order valence-electron chi connectivity index (χ3n) is 4.44. The van der Waals surface area contributed by atoms with Crippen LogP contribution in [0.25, 0.3) is 0 Å². The van der Waals surface area contributed by atoms with Crippen molar-refractivity contribution < 1.29 is 47.4 Å². The Morgan fingerprint density at radius 2 is 0.486 bits per heavy atom. The van der Waals surface area contributed by atoms with E-state index in [0.29, 0.717) is 126 Å². The summed E-state index contributed by atoms with van der Waals surface area (Å²) in [6, 6.07) is 0. The van der Waals surface area contributed by atoms with Gasteiger partial charge in [-0.05, 0) is 13.3 Å². The molecule has 0 fully saturated rings. The van der Waals surface area contributed by atoms with Crippen LogP contribution in [0.15, 0.2) is 0 Å². The van der Waals surface area contributed by atoms with Crippen molar-refractivity contribution in [3.05, 3.63) is 0 Å². The molecule has 35 heavy (non-hydrogen) atoms. The highest BCUT2D eigenvalue weighted by molar-refractivity contribution is 4.39. The smallest absolute Gasteiger partial charge is 0.0701 e. The number of unbranched alkanes of at least 4 members (excludes halogenated alkanes) is 2. The van der Waals surface area contributed by atoms with Crippen molar-refractivity contribution >= 4 is 0 Å². The van der Waals surface area contributed by atoms with E-state index >= 15 is 0 Å². The summed E-state index contributed by atoms with van der Waals surface area (Å²) in [6.45, 7) is 15.8. The normalized spacial score (nSPS) is 11.5. The van der Waals surface area contributed by atoms with E-state index in [-0.39, 0.29) is 0 Å². The molecule has 0 spiro atoms. The minimum absolute atomic E-state index is 0.534. The fourth-order valence-electron chi connectivity index (χ4n) is 2.58. The van der Waals surface area contributed by atoms with Crippen molar-refractivity contribution in [3.8, 4) is 0 Å². The largest absolute Gasteiger partial charge is 0.379 e. The monoisotopic (exact) mass is 512 g/mol. The lowest BCUT2D eigenvalue weighted by molar-refractivity contribution is -0.0263. The molecule has 0 bridgehead atoms. The van der Waals surface area contributed by atoms with Crippen LogP contribution in [-0.2, 0) is 47.4 Å². The second-order valence-corrected chi connectivity index (χ2v) is 7.42. The summed E-state index contributed by atoms with van der Waals surface area (Å²) < 4.78 is 54.1. The van der Waals surface area contributed by atoms with Gasteiger partial charge in [0.25, 0.3) is 0 Å². The van der Waals surface area contributed by atoms with Crippen LogP contribution < -0.4 is 0 Å². The number of hydrogen-bond acceptors (Lipinski definition) is 10. The summed E-state index contributed by atoms with van der Waals surface area (Å²) in [5.74, 6) is 0. The summed E-state index contributed by atoms with van der Waals surface area (Å²) in [5.41, 5.74) is 0. The number of ether oxygens (including phenoxy) is 10. The zero-order valence-electron chi connectivity index (χ0n) is 22.3. The van der Waals surface area contributed by atoms with Gasteiger partial charge in [0.15, 0.2) is 0 Å². The molecule has 0 aromatic carbocycles. The van der Waals surface area contributed by atoms with Crippen molar-refractivity contribution in [1.82, 2.24) is 0 Å². The van der Waals surface area contributed by atoms with Gasteiger partial charge in [-0.25, -0.2) is 0 Å². The van der Waals surface area contributed by atoms with Gasteiger partial charge in [-0.3, -0.25) is 0 Å². The molecule has 0 amide bonds. The molecule has 0 aliphatic rings. The lowest BCUT2D eigenvalue weighted by atomic mass is 10.3. The zero-order valence-corrected chi connectivity index (χ0v) is 22.3. The zero-order chi connectivity index (χ0) is 25.3. The first-order valence-corrected chi connectivity index (χ1v) is 13.2. The fraction of sp³-hybridized carbons (Fsp3) is 1.00. The Balaban J connectivity index is 3.00. The van der Waals surface area contributed by atoms with Crippen LogP contribution in [0, 0.1) is 0 Å². The van der Waals surface area contributed by atoms with E-state index in [9.17, 15) is 0 Å². The fourth-order valence-corrected chi connectivity index (χ4v) is 2.58. The summed E-state index contributed by atoms with van der Waals surface area (Å²) in [4.78, 5) is 0. The third-order valence-corrected chi connectivity index (χ3v) is 4.44. The van der Waals surface area contributed by atoms with Gasteiger partial charge in [0.2, 0.25) is 0 Å². The predicted octanol–water partition coefficient (Wildman–Crippen LogP) is 2.36. The molecule has 0 saturated carbocycles. The topological polar surface area (TPSA) is 92.3 Å². The van der Waals surface area contributed by atoms with Gasteiger partial charge in [-0.1, -0.05) is 19.8 Å². The first-order valence-electron chi connectivity index (χ1n) is 13.2. The van der Waals surface area contributed by atoms with Gasteiger partial charge in [0.1, 0.15) is 0 Å². The molecule has 10 heteroatoms. The molecular weight excluding hydrogens is 460 g/mol. The molecule has 0 rings (SSSR count). The maximum absolute atomic E-state index is 5.47. The van der Waals surface area contributed by atoms with Crippen LogP contribution in [0.4, 0.5) is 0 Å². The van der Waals surface area contributed by atoms with Crippen LogP contribution in [-0.4, -0.2) is 132 Å². The first kappa shape index (κ1) is 34.6. The second kappa shape index (κ2) is 33.6. The maximum atomic E-state index is 5.47. The predicted molar refractivity (Wildman–Crippen MR) is 133 cm³/mol. The van der Waals surface area contributed by atoms with E-state index < -0.39 is 0 Å². The molecule has 212 valence electrons. The van der Waals surface area contributed by atoms with Crippen LogP contribution >= 0.6 is 0 Å². The Morgan fingerprint density at radius 3 is 0.714 bits per heavy atom. The lowest BCUT2D eigenvalue weighted by Crippen LogP contribution is -2.15. The minimum Gasteiger partial charge on any atom is -0.379 e. The van der Waals surface area contributed by atoms with E-state index in [1.54, 1.807) is 0 Å². The van der Waals surface area contributed by atoms with E-state index in [0.717, 1.165) is 13.0 Å². The molecule has 0 aromatic rings. The molecule has 0 heterocycles. The van der Waals surface area contributed by atoms with Gasteiger partial charge < -0.3 is 47.4 Å². The minimum atomic E-state index is 0.534. The highest BCUT2D eigenvalue weighted by Gasteiger charge is 1.95. The Kier molecular flexibility index (Phi) is 33.2. The molecule has 0 atom stereocenters. The Labute approximate surface area is 213 Å². The number of rotatable bonds is 32. The molecule has 10 nitrogen and oxygen atoms in total. The van der Waals surface area contributed by atoms with Gasteiger partial charge in [-0.15, -0.1) is 0 Å². The standard InChI is InChI=1S/C25H52O10/c1-3-5-6-7-27-10-11-29-14-15-31-18-19-33-22-23-35-25-24-34-21-20-32-17-16-30-13-12-28-9-8-26-4-2/h3-25H2,1-2H3. The third kappa shape index (κ3) is 33.6. The summed E-state index contributed by atoms with van der Waals surface area (Å²) in [5, 5.41) is 0. The molecule has 0 aromatic heterocycles. The number of hydrogen-bond donors (Lipinski definition) is 0. The van der Waals surface area contributed by atoms with Crippen LogP contribution in [0.5, 0.6) is 0 Å². The van der Waals surface area contributed by atoms with Gasteiger partial charge in [0.05, 0.1) is 119 Å². The van der Waals surface area contributed by atoms with E-state index in [2.05, 4.69) is 6.92 Å². The summed E-state index contributed by atoms with van der Waals surface area (Å²) >= 11 is 0. The highest BCUT2D eigenvalue weighted by atomic mass is 16.6. The summed E-state index contributed by atoms with van der Waals surface area (Å²) in [6.07, 6.45) is 3.56. The molecule has 0 saturated heterocycles. The Bertz CT molecular complexity index is 331. The van der Waals surface area contributed by atoms with Crippen LogP contribution in [0.2, 0.25) is 0 Å². The summed E-state index contributed by atoms with van der Waals surface area (Å²) in [7, 11) is 0. The second-order valence-electron chi connectivity index (χ2n) is 7.42. The van der Waals surface area contributed by atoms with Crippen molar-refractivity contribution in [3.63, 3.8) is 0 Å². The van der Waals surface area contributed by atoms with Crippen molar-refractivity contribution in [2.45, 2.75) is 33.1 Å². The molecule has 0 radical (unpaired) electrons. The van der Waals surface area contributed by atoms with Crippen molar-refractivity contribution in [1.29, 1.82) is 0 Å². The van der Waals surface area contributed by atoms with Crippen molar-refractivity contribution in [2.24, 2.45) is 0 Å². The van der Waals surface area contributed by atoms with Crippen molar-refractivity contribution in [2.75, 3.05) is 132 Å². The van der Waals surface area contributed by atoms with E-state index in [1.165, 1.54) is 12.8 Å². The molecule has 0 unspecified atom stereocenters. The lowest BCUT2D eigenvalue weighted by Gasteiger charge is -2.09. The van der Waals surface area contributed by atoms with Gasteiger partial charge in [0, 0.05) is 13.2 Å². The SMILES string of the molecule is CCCCCOCCOCCOCCOCCOCCOCCOCCOCCOCCOCC. The Morgan fingerprint density at radius 1 is 0.257 bits per heavy atom. The Hall–Kier alpha value is -0.400. The molecule has 0 N–H and O–H groups in total. The average molecular weight is 513 g/mol. The van der Waals surface area contributed by atoms with E-state index in [1.807, 2.05) is 6.92 Å². The van der Waals surface area contributed by atoms with Crippen LogP contribution in [0.3, 0.4) is 0 Å². The molecule has 0 aliphatic carbocycles. The van der Waals surface area contributed by atoms with Gasteiger partial charge >= 0.3 is 0 Å². The van der Waals surface area contributed by atoms with Gasteiger partial charge in [-0.2, -0.15) is 0 Å². The average Bonchev–Trinajstić information content (AvgIpc) is 2.87. The maximum Gasteiger partial charge on any atom is 0.0701 e. The first-order chi connectivity index (χ1) is 17.4. The van der Waals surface area contributed by atoms with Crippen LogP contribution in [0.1, 0.15) is 33.1 Å².